The number of benzene rings is 1. The summed E-state index contributed by atoms with van der Waals surface area (Å²) in [5, 5.41) is 3.83. The molecule has 1 N–H and O–H groups in total. The largest absolute Gasteiger partial charge is 0.383 e. The van der Waals surface area contributed by atoms with E-state index >= 15 is 0 Å². The van der Waals surface area contributed by atoms with Gasteiger partial charge in [-0.05, 0) is 30.4 Å². The van der Waals surface area contributed by atoms with E-state index in [2.05, 4.69) is 34.5 Å². The third-order valence-corrected chi connectivity index (χ3v) is 5.09. The lowest BCUT2D eigenvalue weighted by atomic mass is 9.83. The minimum atomic E-state index is 0.620. The van der Waals surface area contributed by atoms with Crippen molar-refractivity contribution in [2.24, 2.45) is 5.92 Å². The molecule has 1 atom stereocenters. The zero-order valence-electron chi connectivity index (χ0n) is 13.2. The number of para-hydroxylation sites is 1. The van der Waals surface area contributed by atoms with Crippen molar-refractivity contribution in [2.45, 2.75) is 44.7 Å². The maximum Gasteiger partial charge on any atom is 0.0637 e. The van der Waals surface area contributed by atoms with Crippen LogP contribution in [0.25, 0.3) is 0 Å². The summed E-state index contributed by atoms with van der Waals surface area (Å²) < 4.78 is 5.32. The molecule has 116 valence electrons. The molecule has 2 aliphatic rings. The van der Waals surface area contributed by atoms with Gasteiger partial charge < -0.3 is 15.0 Å². The first-order valence-corrected chi connectivity index (χ1v) is 8.43. The molecule has 0 spiro atoms. The molecule has 1 aromatic rings. The van der Waals surface area contributed by atoms with E-state index in [1.165, 1.54) is 43.4 Å². The van der Waals surface area contributed by atoms with Crippen LogP contribution in [0, 0.1) is 5.92 Å². The third-order valence-electron chi connectivity index (χ3n) is 5.09. The Hall–Kier alpha value is -1.06. The summed E-state index contributed by atoms with van der Waals surface area (Å²) in [6.45, 7) is 3.90. The molecular weight excluding hydrogens is 260 g/mol. The van der Waals surface area contributed by atoms with Crippen molar-refractivity contribution in [1.82, 2.24) is 5.32 Å². The number of anilines is 1. The predicted molar refractivity (Wildman–Crippen MR) is 87.7 cm³/mol. The van der Waals surface area contributed by atoms with Crippen LogP contribution in [0.5, 0.6) is 0 Å². The van der Waals surface area contributed by atoms with Crippen molar-refractivity contribution in [3.05, 3.63) is 29.8 Å². The number of hydrogen-bond donors (Lipinski definition) is 1. The molecule has 1 unspecified atom stereocenters. The van der Waals surface area contributed by atoms with Crippen molar-refractivity contribution in [3.63, 3.8) is 0 Å². The first kappa shape index (κ1) is 14.9. The molecular formula is C18H28N2O. The maximum absolute atomic E-state index is 5.32. The topological polar surface area (TPSA) is 24.5 Å². The molecule has 3 rings (SSSR count). The van der Waals surface area contributed by atoms with Gasteiger partial charge in [0.05, 0.1) is 6.61 Å². The van der Waals surface area contributed by atoms with Gasteiger partial charge in [-0.15, -0.1) is 0 Å². The Labute approximate surface area is 128 Å². The third kappa shape index (κ3) is 3.58. The molecule has 3 nitrogen and oxygen atoms in total. The van der Waals surface area contributed by atoms with Crippen LogP contribution >= 0.6 is 0 Å². The highest BCUT2D eigenvalue weighted by atomic mass is 16.5. The normalized spacial score (nSPS) is 23.7. The zero-order valence-corrected chi connectivity index (χ0v) is 13.2. The van der Waals surface area contributed by atoms with E-state index < -0.39 is 0 Å². The summed E-state index contributed by atoms with van der Waals surface area (Å²) in [4.78, 5) is 2.53. The van der Waals surface area contributed by atoms with Crippen LogP contribution in [0.4, 0.5) is 5.69 Å². The van der Waals surface area contributed by atoms with Crippen LogP contribution in [0.1, 0.15) is 37.7 Å². The quantitative estimate of drug-likeness (QED) is 0.921. The first-order valence-electron chi connectivity index (χ1n) is 8.43. The van der Waals surface area contributed by atoms with Gasteiger partial charge in [0.2, 0.25) is 0 Å². The van der Waals surface area contributed by atoms with Gasteiger partial charge in [-0.3, -0.25) is 0 Å². The van der Waals surface area contributed by atoms with Crippen molar-refractivity contribution < 1.29 is 4.74 Å². The number of rotatable bonds is 4. The SMILES string of the molecule is COCCN1CC(C2CCCCC2)NCc2ccccc21. The molecule has 0 amide bonds. The Bertz CT molecular complexity index is 443. The highest BCUT2D eigenvalue weighted by Crippen LogP contribution is 2.30. The highest BCUT2D eigenvalue weighted by Gasteiger charge is 2.28. The Kier molecular flexibility index (Phi) is 5.15. The van der Waals surface area contributed by atoms with Gasteiger partial charge >= 0.3 is 0 Å². The monoisotopic (exact) mass is 288 g/mol. The Balaban J connectivity index is 1.76. The molecule has 21 heavy (non-hydrogen) atoms. The lowest BCUT2D eigenvalue weighted by Gasteiger charge is -2.34. The Morgan fingerprint density at radius 1 is 1.19 bits per heavy atom. The van der Waals surface area contributed by atoms with Gasteiger partial charge in [-0.2, -0.15) is 0 Å². The van der Waals surface area contributed by atoms with Crippen LogP contribution in [0.3, 0.4) is 0 Å². The van der Waals surface area contributed by atoms with E-state index in [4.69, 9.17) is 4.74 Å². The van der Waals surface area contributed by atoms with Gasteiger partial charge in [-0.25, -0.2) is 0 Å². The van der Waals surface area contributed by atoms with E-state index in [0.29, 0.717) is 6.04 Å². The van der Waals surface area contributed by atoms with Crippen LogP contribution in [0.15, 0.2) is 24.3 Å². The van der Waals surface area contributed by atoms with Crippen molar-refractivity contribution in [3.8, 4) is 0 Å². The summed E-state index contributed by atoms with van der Waals surface area (Å²) in [6, 6.07) is 9.44. The molecule has 1 heterocycles. The van der Waals surface area contributed by atoms with E-state index in [1.54, 1.807) is 7.11 Å². The average Bonchev–Trinajstić information content (AvgIpc) is 2.74. The molecule has 0 aromatic heterocycles. The van der Waals surface area contributed by atoms with Crippen molar-refractivity contribution in [2.75, 3.05) is 31.7 Å². The standard InChI is InChI=1S/C18H28N2O/c1-21-12-11-20-14-17(15-7-3-2-4-8-15)19-13-16-9-5-6-10-18(16)20/h5-6,9-10,15,17,19H,2-4,7-8,11-14H2,1H3. The fraction of sp³-hybridized carbons (Fsp3) is 0.667. The number of ether oxygens (including phenoxy) is 1. The van der Waals surface area contributed by atoms with Crippen LogP contribution in [-0.4, -0.2) is 32.8 Å². The number of nitrogens with zero attached hydrogens (tertiary/aromatic N) is 1. The average molecular weight is 288 g/mol. The summed E-state index contributed by atoms with van der Waals surface area (Å²) in [6.07, 6.45) is 7.04. The van der Waals surface area contributed by atoms with E-state index in [0.717, 1.165) is 32.2 Å². The minimum Gasteiger partial charge on any atom is -0.383 e. The molecule has 0 radical (unpaired) electrons. The minimum absolute atomic E-state index is 0.620. The molecule has 0 bridgehead atoms. The number of hydrogen-bond acceptors (Lipinski definition) is 3. The van der Waals surface area contributed by atoms with Crippen LogP contribution in [0.2, 0.25) is 0 Å². The fourth-order valence-electron chi connectivity index (χ4n) is 3.88. The fourth-order valence-corrected chi connectivity index (χ4v) is 3.88. The lowest BCUT2D eigenvalue weighted by molar-refractivity contribution is 0.202. The van der Waals surface area contributed by atoms with Gasteiger partial charge in [0.25, 0.3) is 0 Å². The van der Waals surface area contributed by atoms with Gasteiger partial charge in [0, 0.05) is 38.5 Å². The summed E-state index contributed by atoms with van der Waals surface area (Å²) >= 11 is 0. The summed E-state index contributed by atoms with van der Waals surface area (Å²) in [7, 11) is 1.79. The maximum atomic E-state index is 5.32. The smallest absolute Gasteiger partial charge is 0.0637 e. The van der Waals surface area contributed by atoms with E-state index in [-0.39, 0.29) is 0 Å². The number of methoxy groups -OCH3 is 1. The van der Waals surface area contributed by atoms with E-state index in [1.807, 2.05) is 0 Å². The molecule has 1 aromatic carbocycles. The number of nitrogens with one attached hydrogen (secondary N) is 1. The van der Waals surface area contributed by atoms with Crippen LogP contribution < -0.4 is 10.2 Å². The van der Waals surface area contributed by atoms with Gasteiger partial charge in [-0.1, -0.05) is 37.5 Å². The second kappa shape index (κ2) is 7.28. The van der Waals surface area contributed by atoms with Crippen molar-refractivity contribution >= 4 is 5.69 Å². The molecule has 1 fully saturated rings. The predicted octanol–water partition coefficient (Wildman–Crippen LogP) is 3.19. The number of fused-ring (bicyclic) bond motifs is 1. The summed E-state index contributed by atoms with van der Waals surface area (Å²) in [5.74, 6) is 0.845. The van der Waals surface area contributed by atoms with E-state index in [9.17, 15) is 0 Å². The Morgan fingerprint density at radius 2 is 2.00 bits per heavy atom. The lowest BCUT2D eigenvalue weighted by Crippen LogP contribution is -2.44. The molecule has 1 aliphatic heterocycles. The second-order valence-corrected chi connectivity index (χ2v) is 6.45. The molecule has 0 saturated heterocycles. The summed E-state index contributed by atoms with van der Waals surface area (Å²) in [5.41, 5.74) is 2.81. The molecule has 3 heteroatoms. The highest BCUT2D eigenvalue weighted by molar-refractivity contribution is 5.54. The first-order chi connectivity index (χ1) is 10.4. The molecule has 1 saturated carbocycles. The Morgan fingerprint density at radius 3 is 2.81 bits per heavy atom. The second-order valence-electron chi connectivity index (χ2n) is 6.45. The van der Waals surface area contributed by atoms with Crippen LogP contribution in [-0.2, 0) is 11.3 Å². The zero-order chi connectivity index (χ0) is 14.5. The molecule has 1 aliphatic carbocycles. The van der Waals surface area contributed by atoms with Gasteiger partial charge in [0.1, 0.15) is 0 Å². The van der Waals surface area contributed by atoms with Gasteiger partial charge in [0.15, 0.2) is 0 Å². The van der Waals surface area contributed by atoms with Crippen molar-refractivity contribution in [1.29, 1.82) is 0 Å².